The Bertz CT molecular complexity index is 965. The monoisotopic (exact) mass is 391 g/mol. The van der Waals surface area contributed by atoms with Crippen molar-refractivity contribution in [1.29, 1.82) is 0 Å². The molecule has 0 unspecified atom stereocenters. The Morgan fingerprint density at radius 3 is 2.59 bits per heavy atom. The molecule has 1 atom stereocenters. The molecule has 0 aliphatic heterocycles. The van der Waals surface area contributed by atoms with Gasteiger partial charge < -0.3 is 19.4 Å². The van der Waals surface area contributed by atoms with Gasteiger partial charge in [0, 0.05) is 18.0 Å². The molecule has 0 saturated carbocycles. The molecule has 9 heteroatoms. The molecular formula is C18H18ClN3O5. The van der Waals surface area contributed by atoms with Crippen LogP contribution in [0.2, 0.25) is 0 Å². The highest BCUT2D eigenvalue weighted by atomic mass is 35.5. The summed E-state index contributed by atoms with van der Waals surface area (Å²) in [6.07, 6.45) is 3.07. The Morgan fingerprint density at radius 1 is 1.30 bits per heavy atom. The van der Waals surface area contributed by atoms with Gasteiger partial charge in [-0.3, -0.25) is 9.78 Å². The first kappa shape index (κ1) is 20.2. The van der Waals surface area contributed by atoms with Crippen molar-refractivity contribution in [1.82, 2.24) is 15.5 Å². The molecule has 0 aliphatic rings. The van der Waals surface area contributed by atoms with Crippen molar-refractivity contribution in [3.63, 3.8) is 0 Å². The highest BCUT2D eigenvalue weighted by molar-refractivity contribution is 5.97. The van der Waals surface area contributed by atoms with Crippen LogP contribution >= 0.6 is 12.4 Å². The second kappa shape index (κ2) is 8.05. The minimum Gasteiger partial charge on any atom is -0.477 e. The van der Waals surface area contributed by atoms with Crippen molar-refractivity contribution in [3.8, 4) is 11.3 Å². The highest BCUT2D eigenvalue weighted by Gasteiger charge is 2.28. The molecule has 0 aromatic carbocycles. The van der Waals surface area contributed by atoms with E-state index in [-0.39, 0.29) is 35.3 Å². The minimum atomic E-state index is -1.20. The van der Waals surface area contributed by atoms with Crippen LogP contribution in [0.4, 0.5) is 0 Å². The first-order valence-corrected chi connectivity index (χ1v) is 7.89. The molecule has 0 radical (unpaired) electrons. The average Bonchev–Trinajstić information content (AvgIpc) is 3.19. The maximum absolute atomic E-state index is 12.4. The maximum atomic E-state index is 12.4. The third-order valence-electron chi connectivity index (χ3n) is 3.89. The summed E-state index contributed by atoms with van der Waals surface area (Å²) in [5.74, 6) is -0.425. The van der Waals surface area contributed by atoms with Crippen LogP contribution in [0.3, 0.4) is 0 Å². The highest BCUT2D eigenvalue weighted by Crippen LogP contribution is 2.29. The SMILES string of the molecule is Cc1cc(C(=O)N[C@H](C)c2onc(-c3cccnc3)c2C(=O)O)c(C)o1.Cl. The predicted molar refractivity (Wildman–Crippen MR) is 98.0 cm³/mol. The van der Waals surface area contributed by atoms with Gasteiger partial charge in [0.15, 0.2) is 5.76 Å². The summed E-state index contributed by atoms with van der Waals surface area (Å²) < 4.78 is 10.6. The van der Waals surface area contributed by atoms with Gasteiger partial charge in [-0.1, -0.05) is 5.16 Å². The standard InChI is InChI=1S/C18H17N3O5.ClH/c1-9-7-13(11(3)25-9)17(22)20-10(2)16-14(18(23)24)15(21-26-16)12-5-4-6-19-8-12;/h4-8,10H,1-3H3,(H,20,22)(H,23,24);1H/t10-;/m1./s1. The number of aryl methyl sites for hydroxylation is 2. The van der Waals surface area contributed by atoms with Crippen LogP contribution in [0.1, 0.15) is 51.0 Å². The van der Waals surface area contributed by atoms with Crippen LogP contribution in [0, 0.1) is 13.8 Å². The maximum Gasteiger partial charge on any atom is 0.341 e. The summed E-state index contributed by atoms with van der Waals surface area (Å²) in [6.45, 7) is 5.05. The summed E-state index contributed by atoms with van der Waals surface area (Å²) >= 11 is 0. The zero-order chi connectivity index (χ0) is 18.8. The smallest absolute Gasteiger partial charge is 0.341 e. The predicted octanol–water partition coefficient (Wildman–Crippen LogP) is 3.56. The number of amides is 1. The lowest BCUT2D eigenvalue weighted by Crippen LogP contribution is -2.27. The molecule has 0 aliphatic carbocycles. The van der Waals surface area contributed by atoms with E-state index in [9.17, 15) is 14.7 Å². The van der Waals surface area contributed by atoms with Gasteiger partial charge in [-0.05, 0) is 39.0 Å². The number of hydrogen-bond acceptors (Lipinski definition) is 6. The van der Waals surface area contributed by atoms with Gasteiger partial charge in [-0.25, -0.2) is 4.79 Å². The van der Waals surface area contributed by atoms with Crippen LogP contribution in [-0.4, -0.2) is 27.1 Å². The molecular weight excluding hydrogens is 374 g/mol. The Morgan fingerprint density at radius 2 is 2.04 bits per heavy atom. The van der Waals surface area contributed by atoms with Gasteiger partial charge in [0.1, 0.15) is 22.8 Å². The van der Waals surface area contributed by atoms with Crippen molar-refractivity contribution in [2.45, 2.75) is 26.8 Å². The number of nitrogens with zero attached hydrogens (tertiary/aromatic N) is 2. The lowest BCUT2D eigenvalue weighted by atomic mass is 10.0. The Labute approximate surface area is 161 Å². The Hall–Kier alpha value is -3.13. The zero-order valence-corrected chi connectivity index (χ0v) is 15.7. The molecule has 142 valence electrons. The normalized spacial score (nSPS) is 11.5. The molecule has 3 aromatic heterocycles. The lowest BCUT2D eigenvalue weighted by Gasteiger charge is -2.11. The number of carboxylic acids is 1. The second-order valence-electron chi connectivity index (χ2n) is 5.84. The molecule has 3 rings (SSSR count). The summed E-state index contributed by atoms with van der Waals surface area (Å²) in [5.41, 5.74) is 0.959. The number of aromatic carboxylic acids is 1. The fourth-order valence-corrected chi connectivity index (χ4v) is 2.70. The van der Waals surface area contributed by atoms with Crippen molar-refractivity contribution in [2.75, 3.05) is 0 Å². The van der Waals surface area contributed by atoms with E-state index < -0.39 is 12.0 Å². The Balaban J connectivity index is 0.00000261. The fraction of sp³-hybridized carbons (Fsp3) is 0.222. The first-order chi connectivity index (χ1) is 12.4. The van der Waals surface area contributed by atoms with Crippen LogP contribution in [0.5, 0.6) is 0 Å². The molecule has 8 nitrogen and oxygen atoms in total. The van der Waals surface area contributed by atoms with Gasteiger partial charge in [-0.2, -0.15) is 0 Å². The van der Waals surface area contributed by atoms with Crippen molar-refractivity contribution >= 4 is 24.3 Å². The zero-order valence-electron chi connectivity index (χ0n) is 14.8. The van der Waals surface area contributed by atoms with E-state index in [0.717, 1.165) is 0 Å². The summed E-state index contributed by atoms with van der Waals surface area (Å²) in [5, 5.41) is 16.2. The lowest BCUT2D eigenvalue weighted by molar-refractivity contribution is 0.0692. The number of rotatable bonds is 5. The van der Waals surface area contributed by atoms with Gasteiger partial charge in [0.2, 0.25) is 0 Å². The topological polar surface area (TPSA) is 118 Å². The van der Waals surface area contributed by atoms with E-state index in [1.165, 1.54) is 6.20 Å². The van der Waals surface area contributed by atoms with Crippen molar-refractivity contribution in [3.05, 3.63) is 59.0 Å². The quantitative estimate of drug-likeness (QED) is 0.682. The average molecular weight is 392 g/mol. The second-order valence-corrected chi connectivity index (χ2v) is 5.84. The Kier molecular flexibility index (Phi) is 6.02. The van der Waals surface area contributed by atoms with E-state index in [2.05, 4.69) is 15.5 Å². The summed E-state index contributed by atoms with van der Waals surface area (Å²) in [4.78, 5) is 28.1. The van der Waals surface area contributed by atoms with Gasteiger partial charge in [0.25, 0.3) is 5.91 Å². The van der Waals surface area contributed by atoms with Crippen LogP contribution < -0.4 is 5.32 Å². The van der Waals surface area contributed by atoms with E-state index in [4.69, 9.17) is 8.94 Å². The van der Waals surface area contributed by atoms with Crippen LogP contribution in [-0.2, 0) is 0 Å². The largest absolute Gasteiger partial charge is 0.477 e. The number of pyridine rings is 1. The molecule has 0 spiro atoms. The molecule has 3 aromatic rings. The summed E-state index contributed by atoms with van der Waals surface area (Å²) in [7, 11) is 0. The number of halogens is 1. The van der Waals surface area contributed by atoms with E-state index in [1.807, 2.05) is 0 Å². The molecule has 2 N–H and O–H groups in total. The van der Waals surface area contributed by atoms with Crippen molar-refractivity contribution in [2.24, 2.45) is 0 Å². The number of furan rings is 1. The molecule has 27 heavy (non-hydrogen) atoms. The molecule has 0 fully saturated rings. The van der Waals surface area contributed by atoms with Crippen LogP contribution in [0.25, 0.3) is 11.3 Å². The van der Waals surface area contributed by atoms with Gasteiger partial charge in [0.05, 0.1) is 11.6 Å². The third-order valence-corrected chi connectivity index (χ3v) is 3.89. The van der Waals surface area contributed by atoms with E-state index in [0.29, 0.717) is 22.6 Å². The number of carbonyl (C=O) groups excluding carboxylic acids is 1. The minimum absolute atomic E-state index is 0. The number of carbonyl (C=O) groups is 2. The van der Waals surface area contributed by atoms with Gasteiger partial charge in [-0.15, -0.1) is 12.4 Å². The molecule has 0 saturated heterocycles. The number of nitrogens with one attached hydrogen (secondary N) is 1. The fourth-order valence-electron chi connectivity index (χ4n) is 2.70. The number of carboxylic acid groups (broad SMARTS) is 1. The number of hydrogen-bond donors (Lipinski definition) is 2. The third kappa shape index (κ3) is 4.01. The first-order valence-electron chi connectivity index (χ1n) is 7.89. The number of aromatic nitrogens is 2. The summed E-state index contributed by atoms with van der Waals surface area (Å²) in [6, 6.07) is 4.27. The molecule has 3 heterocycles. The van der Waals surface area contributed by atoms with E-state index >= 15 is 0 Å². The molecule has 1 amide bonds. The van der Waals surface area contributed by atoms with Crippen LogP contribution in [0.15, 0.2) is 39.5 Å². The molecule has 0 bridgehead atoms. The van der Waals surface area contributed by atoms with Gasteiger partial charge >= 0.3 is 5.97 Å². The van der Waals surface area contributed by atoms with Crippen molar-refractivity contribution < 1.29 is 23.6 Å². The van der Waals surface area contributed by atoms with E-state index in [1.54, 1.807) is 45.2 Å².